The molecule has 2 rings (SSSR count). The second-order valence-corrected chi connectivity index (χ2v) is 27.3. The topological polar surface area (TPSA) is 673 Å². The van der Waals surface area contributed by atoms with Crippen LogP contribution in [0.3, 0.4) is 0 Å². The third kappa shape index (κ3) is 35.8. The van der Waals surface area contributed by atoms with E-state index in [2.05, 4.69) is 68.8 Å². The highest BCUT2D eigenvalue weighted by atomic mass is 16.4. The minimum Gasteiger partial charge on any atom is -0.508 e. The van der Waals surface area contributed by atoms with Crippen LogP contribution in [0.15, 0.2) is 59.6 Å². The Labute approximate surface area is 625 Å². The van der Waals surface area contributed by atoms with Gasteiger partial charge in [-0.15, -0.1) is 0 Å². The number of benzene rings is 2. The average Bonchev–Trinajstić information content (AvgIpc) is 0.833. The van der Waals surface area contributed by atoms with Crippen LogP contribution >= 0.6 is 0 Å². The van der Waals surface area contributed by atoms with Crippen LogP contribution in [0, 0.1) is 17.8 Å². The van der Waals surface area contributed by atoms with Gasteiger partial charge in [-0.05, 0) is 106 Å². The summed E-state index contributed by atoms with van der Waals surface area (Å²) in [6.45, 7) is 11.8. The Morgan fingerprint density at radius 2 is 0.833 bits per heavy atom. The quantitative estimate of drug-likeness (QED) is 0.0166. The molecule has 0 heterocycles. The van der Waals surface area contributed by atoms with Gasteiger partial charge < -0.3 is 119 Å². The number of carbonyl (C=O) groups is 16. The van der Waals surface area contributed by atoms with Gasteiger partial charge in [-0.2, -0.15) is 0 Å². The van der Waals surface area contributed by atoms with Gasteiger partial charge in [-0.1, -0.05) is 90.4 Å². The molecule has 13 atom stereocenters. The Morgan fingerprint density at radius 1 is 0.426 bits per heavy atom. The SMILES string of the molecule is CC(C)C[C@H](NC(=O)[C@H](Cc1ccc(O)cc1)NC(=O)[C@H](Cc1ccccc1)NC(=O)[C@@H](NC(=O)[C@@H](N)CCCCN)[C@@H](C)O)C(=O)N[C@@H](CCCN=C(N)N)C(=O)N[C@@H](CC(N)=O)C(=O)N[C@@H](CC(N)=O)C(=O)N[C@@H](CCC(N)=O)C(=O)N[C@@H](CC(C)C)C(=O)N[C@H](C(=O)N[C@@H](C)C(=O)NCC(=O)O)C(C)C. The largest absolute Gasteiger partial charge is 0.508 e. The van der Waals surface area contributed by atoms with E-state index in [1.165, 1.54) is 38.1 Å². The van der Waals surface area contributed by atoms with Gasteiger partial charge in [0.25, 0.3) is 0 Å². The van der Waals surface area contributed by atoms with Crippen LogP contribution < -0.4 is 104 Å². The molecule has 0 aromatic heterocycles. The summed E-state index contributed by atoms with van der Waals surface area (Å²) in [4.78, 5) is 221. The summed E-state index contributed by atoms with van der Waals surface area (Å²) in [6.07, 6.45) is -4.58. The molecule has 39 nitrogen and oxygen atoms in total. The van der Waals surface area contributed by atoms with Gasteiger partial charge in [-0.25, -0.2) is 0 Å². The summed E-state index contributed by atoms with van der Waals surface area (Å²) in [6, 6.07) is -5.14. The van der Waals surface area contributed by atoms with Crippen LogP contribution in [0.2, 0.25) is 0 Å². The molecule has 0 radical (unpaired) electrons. The number of nitrogens with one attached hydrogen (secondary N) is 12. The molecule has 29 N–H and O–H groups in total. The molecule has 15 amide bonds. The lowest BCUT2D eigenvalue weighted by Crippen LogP contribution is -2.62. The number of carbonyl (C=O) groups excluding carboxylic acids is 15. The number of aliphatic hydroxyl groups excluding tert-OH is 1. The molecule has 0 unspecified atom stereocenters. The van der Waals surface area contributed by atoms with Crippen LogP contribution in [-0.4, -0.2) is 214 Å². The van der Waals surface area contributed by atoms with Gasteiger partial charge in [-0.3, -0.25) is 81.7 Å². The number of carboxylic acid groups (broad SMARTS) is 1. The summed E-state index contributed by atoms with van der Waals surface area (Å²) < 4.78 is 0. The summed E-state index contributed by atoms with van der Waals surface area (Å²) >= 11 is 0. The Kier molecular flexibility index (Phi) is 40.9. The van der Waals surface area contributed by atoms with Crippen molar-refractivity contribution in [2.75, 3.05) is 19.6 Å². The number of primary amides is 3. The monoisotopic (exact) mass is 1520 g/mol. The molecule has 0 spiro atoms. The first-order valence-electron chi connectivity index (χ1n) is 35.3. The Hall–Kier alpha value is -11.1. The molecule has 0 fully saturated rings. The summed E-state index contributed by atoms with van der Waals surface area (Å²) in [7, 11) is 0. The van der Waals surface area contributed by atoms with E-state index >= 15 is 0 Å². The number of hydrogen-bond donors (Lipinski definition) is 22. The minimum atomic E-state index is -2.05. The van der Waals surface area contributed by atoms with Gasteiger partial charge in [0.2, 0.25) is 88.6 Å². The van der Waals surface area contributed by atoms with Gasteiger partial charge >= 0.3 is 5.97 Å². The number of nitrogens with zero attached hydrogens (tertiary/aromatic N) is 1. The van der Waals surface area contributed by atoms with E-state index in [1.54, 1.807) is 71.9 Å². The lowest BCUT2D eigenvalue weighted by Gasteiger charge is -2.29. The Balaban J connectivity index is 2.63. The van der Waals surface area contributed by atoms with Crippen molar-refractivity contribution in [1.82, 2.24) is 63.8 Å². The average molecular weight is 1520 g/mol. The fourth-order valence-electron chi connectivity index (χ4n) is 10.6. The number of hydrogen-bond acceptors (Lipinski definition) is 21. The molecule has 39 heteroatoms. The van der Waals surface area contributed by atoms with E-state index in [1.807, 2.05) is 0 Å². The predicted molar refractivity (Wildman–Crippen MR) is 392 cm³/mol. The molecule has 0 aliphatic rings. The van der Waals surface area contributed by atoms with Gasteiger partial charge in [0.15, 0.2) is 5.96 Å². The lowest BCUT2D eigenvalue weighted by molar-refractivity contribution is -0.138. The molecule has 2 aromatic carbocycles. The summed E-state index contributed by atoms with van der Waals surface area (Å²) in [5.41, 5.74) is 40.2. The van der Waals surface area contributed by atoms with E-state index in [4.69, 9.17) is 45.2 Å². The first-order valence-corrected chi connectivity index (χ1v) is 35.3. The van der Waals surface area contributed by atoms with Crippen LogP contribution in [-0.2, 0) is 89.6 Å². The predicted octanol–water partition coefficient (Wildman–Crippen LogP) is -6.61. The maximum Gasteiger partial charge on any atom is 0.322 e. The number of aliphatic hydroxyl groups is 1. The smallest absolute Gasteiger partial charge is 0.322 e. The van der Waals surface area contributed by atoms with Crippen LogP contribution in [0.4, 0.5) is 0 Å². The molecular weight excluding hydrogens is 1410 g/mol. The molecule has 0 saturated heterocycles. The number of aromatic hydroxyl groups is 1. The zero-order valence-corrected chi connectivity index (χ0v) is 62.1. The van der Waals surface area contributed by atoms with Crippen molar-refractivity contribution in [2.45, 2.75) is 217 Å². The van der Waals surface area contributed by atoms with Crippen molar-refractivity contribution >= 4 is 101 Å². The standard InChI is InChI=1S/C69H110N20O19/c1-34(2)27-45(83-62(102)47(30-40-19-21-41(91)22-20-40)84-63(103)48(29-39-15-10-9-11-16-39)87-68(108)56(38(8)90)89-58(98)42(71)17-12-13-25-70)61(101)80-43(18-14-26-77-69(75)76)59(99)85-50(32-53(74)94)65(105)86-49(31-52(73)93)64(104)81-44(23-24-51(72)92)60(100)82-46(28-35(3)4)66(106)88-55(36(5)6)67(107)79-37(7)57(97)78-33-54(95)96/h9-11,15-16,19-22,34-38,42-50,55-56,90-91H,12-14,17-18,23-33,70-71H2,1-8H3,(H2,72,92)(H2,73,93)(H2,74,94)(H,78,97)(H,79,107)(H,80,101)(H,81,104)(H,82,100)(H,83,102)(H,84,103)(H,85,99)(H,86,105)(H,87,108)(H,88,106)(H,89,98)(H,95,96)(H4,75,76,77)/t37-,38+,42-,43-,44-,45-,46-,47-,48-,49-,50-,55-,56-/m0/s1. The number of phenols is 1. The maximum absolute atomic E-state index is 14.8. The van der Waals surface area contributed by atoms with E-state index in [-0.39, 0.29) is 69.1 Å². The zero-order valence-electron chi connectivity index (χ0n) is 62.1. The fourth-order valence-corrected chi connectivity index (χ4v) is 10.6. The Morgan fingerprint density at radius 3 is 1.28 bits per heavy atom. The van der Waals surface area contributed by atoms with Crippen molar-refractivity contribution in [3.05, 3.63) is 65.7 Å². The number of amides is 15. The fraction of sp³-hybridized carbons (Fsp3) is 0.580. The molecule has 0 aliphatic carbocycles. The van der Waals surface area contributed by atoms with E-state index in [9.17, 15) is 86.9 Å². The van der Waals surface area contributed by atoms with Crippen molar-refractivity contribution < 1.29 is 92.0 Å². The molecule has 0 aliphatic heterocycles. The maximum atomic E-state index is 14.8. The number of unbranched alkanes of at least 4 members (excludes halogenated alkanes) is 1. The highest BCUT2D eigenvalue weighted by Crippen LogP contribution is 2.16. The first-order chi connectivity index (χ1) is 50.6. The van der Waals surface area contributed by atoms with E-state index in [0.29, 0.717) is 30.5 Å². The number of aliphatic carboxylic acids is 1. The van der Waals surface area contributed by atoms with E-state index < -0.39 is 217 Å². The molecule has 0 bridgehead atoms. The normalized spacial score (nSPS) is 14.7. The summed E-state index contributed by atoms with van der Waals surface area (Å²) in [5.74, 6) is -19.0. The highest BCUT2D eigenvalue weighted by molar-refractivity contribution is 6.01. The summed E-state index contributed by atoms with van der Waals surface area (Å²) in [5, 5.41) is 59.1. The van der Waals surface area contributed by atoms with Crippen LogP contribution in [0.1, 0.15) is 137 Å². The molecule has 600 valence electrons. The molecule has 2 aromatic rings. The third-order valence-corrected chi connectivity index (χ3v) is 16.4. The number of guanidine groups is 1. The van der Waals surface area contributed by atoms with Crippen molar-refractivity contribution in [1.29, 1.82) is 0 Å². The van der Waals surface area contributed by atoms with Gasteiger partial charge in [0.1, 0.15) is 78.8 Å². The molecular formula is C69H110N20O19. The second kappa shape index (κ2) is 47.5. The number of phenolic OH excluding ortho intramolecular Hbond substituents is 1. The minimum absolute atomic E-state index is 0.0675. The number of carboxylic acids is 1. The molecule has 108 heavy (non-hydrogen) atoms. The lowest BCUT2D eigenvalue weighted by atomic mass is 9.99. The van der Waals surface area contributed by atoms with Crippen LogP contribution in [0.5, 0.6) is 5.75 Å². The third-order valence-electron chi connectivity index (χ3n) is 16.4. The second-order valence-electron chi connectivity index (χ2n) is 27.3. The first kappa shape index (κ1) is 93.0. The van der Waals surface area contributed by atoms with Crippen molar-refractivity contribution in [2.24, 2.45) is 62.9 Å². The zero-order chi connectivity index (χ0) is 81.7. The molecule has 0 saturated carbocycles. The van der Waals surface area contributed by atoms with Crippen LogP contribution in [0.25, 0.3) is 0 Å². The van der Waals surface area contributed by atoms with Crippen molar-refractivity contribution in [3.63, 3.8) is 0 Å². The van der Waals surface area contributed by atoms with Gasteiger partial charge in [0, 0.05) is 25.8 Å². The number of aliphatic imine (C=N–C) groups is 1. The van der Waals surface area contributed by atoms with E-state index in [0.717, 1.165) is 0 Å². The van der Waals surface area contributed by atoms with Gasteiger partial charge in [0.05, 0.1) is 25.0 Å². The highest BCUT2D eigenvalue weighted by Gasteiger charge is 2.39. The Bertz CT molecular complexity index is 3430. The number of rotatable bonds is 50. The number of nitrogens with two attached hydrogens (primary N) is 7. The van der Waals surface area contributed by atoms with Crippen molar-refractivity contribution in [3.8, 4) is 5.75 Å².